The van der Waals surface area contributed by atoms with E-state index in [0.717, 1.165) is 34.9 Å². The number of aryl methyl sites for hydroxylation is 2. The van der Waals surface area contributed by atoms with Gasteiger partial charge in [-0.3, -0.25) is 18.8 Å². The lowest BCUT2D eigenvalue weighted by Gasteiger charge is -2.21. The number of amides is 1. The van der Waals surface area contributed by atoms with Crippen molar-refractivity contribution in [2.75, 3.05) is 5.73 Å². The van der Waals surface area contributed by atoms with Gasteiger partial charge in [-0.1, -0.05) is 36.4 Å². The van der Waals surface area contributed by atoms with Gasteiger partial charge in [0.05, 0.1) is 17.5 Å². The molecule has 3 N–H and O–H groups in total. The van der Waals surface area contributed by atoms with Gasteiger partial charge in [0.2, 0.25) is 0 Å². The lowest BCUT2D eigenvalue weighted by Crippen LogP contribution is -2.49. The van der Waals surface area contributed by atoms with Crippen molar-refractivity contribution in [3.63, 3.8) is 0 Å². The summed E-state index contributed by atoms with van der Waals surface area (Å²) < 4.78 is 4.98. The third-order valence-electron chi connectivity index (χ3n) is 7.34. The summed E-state index contributed by atoms with van der Waals surface area (Å²) in [6, 6.07) is 12.7. The molecule has 1 atom stereocenters. The van der Waals surface area contributed by atoms with Crippen molar-refractivity contribution in [3.05, 3.63) is 110 Å². The Balaban J connectivity index is 1.47. The molecule has 10 nitrogen and oxygen atoms in total. The predicted molar refractivity (Wildman–Crippen MR) is 159 cm³/mol. The molecule has 0 radical (unpaired) electrons. The first-order chi connectivity index (χ1) is 19.8. The number of hydrogen-bond donors (Lipinski definition) is 2. The molecule has 5 aromatic rings. The predicted octanol–water partition coefficient (Wildman–Crippen LogP) is 2.43. The van der Waals surface area contributed by atoms with E-state index in [9.17, 15) is 9.59 Å². The summed E-state index contributed by atoms with van der Waals surface area (Å²) >= 11 is 0. The van der Waals surface area contributed by atoms with E-state index >= 15 is 0 Å². The van der Waals surface area contributed by atoms with Crippen LogP contribution in [0.5, 0.6) is 0 Å². The van der Waals surface area contributed by atoms with Gasteiger partial charge in [0.25, 0.3) is 11.5 Å². The molecular weight excluding hydrogens is 516 g/mol. The molecule has 1 amide bonds. The molecule has 0 spiro atoms. The summed E-state index contributed by atoms with van der Waals surface area (Å²) in [5, 5.41) is 13.1. The number of para-hydroxylation sites is 1. The summed E-state index contributed by atoms with van der Waals surface area (Å²) in [4.78, 5) is 32.1. The van der Waals surface area contributed by atoms with Gasteiger partial charge in [-0.2, -0.15) is 5.10 Å². The van der Waals surface area contributed by atoms with E-state index < -0.39 is 11.9 Å². The number of benzene rings is 1. The smallest absolute Gasteiger partial charge is 0.263 e. The molecule has 4 aromatic heterocycles. The van der Waals surface area contributed by atoms with Crippen molar-refractivity contribution in [2.24, 2.45) is 7.05 Å². The average Bonchev–Trinajstić information content (AvgIpc) is 3.54. The van der Waals surface area contributed by atoms with Crippen molar-refractivity contribution in [3.8, 4) is 5.69 Å². The molecule has 41 heavy (non-hydrogen) atoms. The van der Waals surface area contributed by atoms with Crippen molar-refractivity contribution in [1.29, 1.82) is 0 Å². The quantitative estimate of drug-likeness (QED) is 0.337. The van der Waals surface area contributed by atoms with E-state index in [1.54, 1.807) is 32.2 Å². The Labute approximate surface area is 235 Å². The molecule has 6 rings (SSSR count). The van der Waals surface area contributed by atoms with Crippen LogP contribution in [0.1, 0.15) is 53.1 Å². The second kappa shape index (κ2) is 10.4. The zero-order chi connectivity index (χ0) is 28.7. The first-order valence-corrected chi connectivity index (χ1v) is 13.4. The fraction of sp³-hybridized carbons (Fsp3) is 0.194. The molecule has 1 aliphatic rings. The highest BCUT2D eigenvalue weighted by atomic mass is 16.2. The number of pyridine rings is 1. The summed E-state index contributed by atoms with van der Waals surface area (Å²) in [5.41, 5.74) is 10.7. The lowest BCUT2D eigenvalue weighted by atomic mass is 9.98. The number of fused-ring (bicyclic) bond motifs is 2. The zero-order valence-electron chi connectivity index (χ0n) is 23.1. The minimum absolute atomic E-state index is 0.0929. The maximum Gasteiger partial charge on any atom is 0.263 e. The van der Waals surface area contributed by atoms with E-state index in [-0.39, 0.29) is 16.9 Å². The summed E-state index contributed by atoms with van der Waals surface area (Å²) in [7, 11) is 1.87. The van der Waals surface area contributed by atoms with Gasteiger partial charge in [-0.15, -0.1) is 5.10 Å². The maximum absolute atomic E-state index is 14.3. The van der Waals surface area contributed by atoms with Crippen LogP contribution in [-0.4, -0.2) is 34.9 Å². The second-order valence-corrected chi connectivity index (χ2v) is 10.2. The van der Waals surface area contributed by atoms with Crippen molar-refractivity contribution < 1.29 is 4.79 Å². The molecule has 1 aliphatic carbocycles. The monoisotopic (exact) mass is 546 g/mol. The van der Waals surface area contributed by atoms with Crippen LogP contribution in [-0.2, 0) is 7.05 Å². The fourth-order valence-electron chi connectivity index (χ4n) is 5.33. The van der Waals surface area contributed by atoms with Crippen molar-refractivity contribution in [1.82, 2.24) is 34.3 Å². The highest BCUT2D eigenvalue weighted by Crippen LogP contribution is 2.21. The number of hydrogen-bond acceptors (Lipinski definition) is 6. The Kier molecular flexibility index (Phi) is 6.58. The van der Waals surface area contributed by atoms with Gasteiger partial charge in [-0.25, -0.2) is 9.50 Å². The first kappa shape index (κ1) is 26.0. The molecule has 1 aromatic carbocycles. The average molecular weight is 547 g/mol. The van der Waals surface area contributed by atoms with Gasteiger partial charge < -0.3 is 11.1 Å². The summed E-state index contributed by atoms with van der Waals surface area (Å²) in [5.74, 6) is -0.320. The van der Waals surface area contributed by atoms with E-state index in [0.29, 0.717) is 22.2 Å². The normalized spacial score (nSPS) is 13.8. The van der Waals surface area contributed by atoms with Gasteiger partial charge in [0.1, 0.15) is 5.56 Å². The number of rotatable bonds is 6. The van der Waals surface area contributed by atoms with E-state index in [2.05, 4.69) is 26.6 Å². The topological polar surface area (TPSA) is 125 Å². The largest absolute Gasteiger partial charge is 0.381 e. The lowest BCUT2D eigenvalue weighted by molar-refractivity contribution is 0.0941. The minimum atomic E-state index is -0.537. The number of aromatic nitrogens is 6. The van der Waals surface area contributed by atoms with Gasteiger partial charge in [0.15, 0.2) is 11.5 Å². The highest BCUT2D eigenvalue weighted by molar-refractivity contribution is 6.04. The summed E-state index contributed by atoms with van der Waals surface area (Å²) in [6.45, 7) is 3.72. The van der Waals surface area contributed by atoms with Crippen LogP contribution in [0.4, 0.5) is 5.82 Å². The van der Waals surface area contributed by atoms with Crippen LogP contribution in [0.2, 0.25) is 0 Å². The van der Waals surface area contributed by atoms with Crippen LogP contribution in [0, 0.1) is 6.92 Å². The fourth-order valence-corrected chi connectivity index (χ4v) is 5.33. The number of nitrogens with one attached hydrogen (secondary N) is 1. The van der Waals surface area contributed by atoms with Crippen molar-refractivity contribution >= 4 is 35.1 Å². The molecule has 0 fully saturated rings. The number of carbonyl (C=O) groups is 1. The molecule has 0 saturated carbocycles. The molecule has 0 saturated heterocycles. The molecular formula is C31H30N8O2. The third-order valence-corrected chi connectivity index (χ3v) is 7.34. The van der Waals surface area contributed by atoms with E-state index in [1.165, 1.54) is 0 Å². The molecule has 4 heterocycles. The minimum Gasteiger partial charge on any atom is -0.381 e. The number of nitrogens with two attached hydrogens (primary N) is 1. The third kappa shape index (κ3) is 4.73. The number of carbonyl (C=O) groups excluding carboxylic acids is 1. The van der Waals surface area contributed by atoms with E-state index in [4.69, 9.17) is 5.73 Å². The van der Waals surface area contributed by atoms with Gasteiger partial charge >= 0.3 is 0 Å². The van der Waals surface area contributed by atoms with Crippen LogP contribution in [0.3, 0.4) is 0 Å². The molecule has 0 bridgehead atoms. The molecule has 206 valence electrons. The van der Waals surface area contributed by atoms with Crippen molar-refractivity contribution in [2.45, 2.75) is 32.7 Å². The highest BCUT2D eigenvalue weighted by Gasteiger charge is 2.24. The van der Waals surface area contributed by atoms with Gasteiger partial charge in [0, 0.05) is 42.1 Å². The first-order valence-electron chi connectivity index (χ1n) is 13.4. The zero-order valence-corrected chi connectivity index (χ0v) is 23.1. The second-order valence-electron chi connectivity index (χ2n) is 10.2. The van der Waals surface area contributed by atoms with Crippen LogP contribution in [0.15, 0.2) is 71.9 Å². The maximum atomic E-state index is 14.3. The molecule has 10 heteroatoms. The Morgan fingerprint density at radius 3 is 2.73 bits per heavy atom. The molecule has 1 unspecified atom stereocenters. The Morgan fingerprint density at radius 2 is 1.98 bits per heavy atom. The number of allylic oxidation sites excluding steroid dienone is 1. The van der Waals surface area contributed by atoms with E-state index in [1.807, 2.05) is 75.6 Å². The standard InChI is InChI=1S/C31H30N8O2/c1-19-14-15-33-29-27(28(32)36-39(19)29)30(40)35-20(2)25-16-23-9-7-8-22(13-12-21-17-34-37(3)18-21)26(23)31(41)38(25)24-10-5-4-6-11-24/h4-6,9-18,20H,7-8H2,1-3H3,(H2,32,36)(H,35,40)/b13-12-. The van der Waals surface area contributed by atoms with Gasteiger partial charge in [-0.05, 0) is 61.7 Å². The molecule has 0 aliphatic heterocycles. The SMILES string of the molecule is Cc1ccnc2c(C(=O)NC(C)c3cc4c(c(=O)n3-c3ccccc3)=C(/C=C\c3cnn(C)c3)CCC=4)c(N)nn12. The van der Waals surface area contributed by atoms with Crippen LogP contribution in [0.25, 0.3) is 29.1 Å². The Hall–Kier alpha value is -5.25. The number of nitrogens with zero attached hydrogens (tertiary/aromatic N) is 6. The Morgan fingerprint density at radius 1 is 1.17 bits per heavy atom. The number of anilines is 1. The Bertz CT molecular complexity index is 2010. The number of nitrogen functional groups attached to an aromatic ring is 1. The van der Waals surface area contributed by atoms with Crippen LogP contribution >= 0.6 is 0 Å². The summed E-state index contributed by atoms with van der Waals surface area (Å²) in [6.07, 6.45) is 13.0. The van der Waals surface area contributed by atoms with Crippen LogP contribution < -0.4 is 27.0 Å².